The van der Waals surface area contributed by atoms with Crippen LogP contribution in [0.5, 0.6) is 0 Å². The Bertz CT molecular complexity index is 1210. The van der Waals surface area contributed by atoms with E-state index in [2.05, 4.69) is 21.7 Å². The summed E-state index contributed by atoms with van der Waals surface area (Å²) < 4.78 is 13.4. The van der Waals surface area contributed by atoms with E-state index in [9.17, 15) is 24.3 Å². The fraction of sp³-hybridized carbons (Fsp3) is 0.167. The van der Waals surface area contributed by atoms with Crippen LogP contribution in [-0.2, 0) is 11.2 Å². The lowest BCUT2D eigenvalue weighted by Gasteiger charge is -2.16. The normalized spacial score (nSPS) is 11.3. The van der Waals surface area contributed by atoms with Gasteiger partial charge < -0.3 is 20.8 Å². The lowest BCUT2D eigenvalue weighted by Crippen LogP contribution is -2.43. The molecule has 1 aromatic heterocycles. The van der Waals surface area contributed by atoms with E-state index in [-0.39, 0.29) is 17.2 Å². The maximum absolute atomic E-state index is 13.4. The Hall–Kier alpha value is -4.29. The van der Waals surface area contributed by atoms with E-state index in [0.29, 0.717) is 29.8 Å². The Balaban J connectivity index is 1.91. The predicted octanol–water partition coefficient (Wildman–Crippen LogP) is 2.59. The van der Waals surface area contributed by atoms with Crippen molar-refractivity contribution < 1.29 is 24.2 Å². The zero-order valence-corrected chi connectivity index (χ0v) is 17.5. The molecule has 0 unspecified atom stereocenters. The van der Waals surface area contributed by atoms with E-state index >= 15 is 0 Å². The highest BCUT2D eigenvalue weighted by Crippen LogP contribution is 2.25. The molecule has 0 aliphatic rings. The van der Waals surface area contributed by atoms with Crippen molar-refractivity contribution in [3.8, 4) is 17.3 Å². The molecular weight excluding hydrogens is 427 g/mol. The molecule has 9 heteroatoms. The molecule has 168 valence electrons. The number of rotatable bonds is 9. The summed E-state index contributed by atoms with van der Waals surface area (Å²) in [7, 11) is 0. The molecule has 33 heavy (non-hydrogen) atoms. The molecule has 8 nitrogen and oxygen atoms in total. The number of carboxylic acids is 1. The number of aliphatic hydroxyl groups is 1. The third-order valence-corrected chi connectivity index (χ3v) is 4.84. The molecule has 0 spiro atoms. The van der Waals surface area contributed by atoms with Crippen molar-refractivity contribution in [2.45, 2.75) is 12.5 Å². The van der Waals surface area contributed by atoms with Crippen LogP contribution in [0.25, 0.3) is 11.3 Å². The van der Waals surface area contributed by atoms with Crippen molar-refractivity contribution in [3.05, 3.63) is 83.2 Å². The Morgan fingerprint density at radius 3 is 2.61 bits per heavy atom. The number of benzene rings is 2. The van der Waals surface area contributed by atoms with Gasteiger partial charge in [-0.05, 0) is 42.3 Å². The molecule has 0 aliphatic carbocycles. The van der Waals surface area contributed by atoms with Gasteiger partial charge in [0.2, 0.25) is 0 Å². The molecule has 0 radical (unpaired) electrons. The molecule has 0 aliphatic heterocycles. The molecule has 0 fully saturated rings. The fourth-order valence-corrected chi connectivity index (χ4v) is 3.17. The highest BCUT2D eigenvalue weighted by molar-refractivity contribution is 6.01. The molecule has 0 saturated carbocycles. The van der Waals surface area contributed by atoms with Crippen molar-refractivity contribution in [2.24, 2.45) is 0 Å². The minimum atomic E-state index is -1.48. The van der Waals surface area contributed by atoms with Gasteiger partial charge in [-0.3, -0.25) is 4.79 Å². The molecule has 3 rings (SSSR count). The average molecular weight is 448 g/mol. The monoisotopic (exact) mass is 448 g/mol. The number of nitrogens with zero attached hydrogens (tertiary/aromatic N) is 2. The standard InChI is InChI=1S/C24H21FN4O4/c25-17-6-3-4-15(12-17)10-11-27-22-19(23(31)29-21(14-30)24(32)33)8-9-20(28-22)18-7-2-1-5-16(18)13-26/h1-9,12,21,30H,10-11,14H2,(H,27,28)(H,29,31)(H,32,33)/t21-/m1/s1. The number of halogens is 1. The Morgan fingerprint density at radius 1 is 1.12 bits per heavy atom. The molecule has 0 saturated heterocycles. The second-order valence-electron chi connectivity index (χ2n) is 7.10. The van der Waals surface area contributed by atoms with Crippen LogP contribution in [0.4, 0.5) is 10.2 Å². The molecule has 3 aromatic rings. The van der Waals surface area contributed by atoms with Gasteiger partial charge in [-0.1, -0.05) is 30.3 Å². The molecule has 2 aromatic carbocycles. The number of hydrogen-bond donors (Lipinski definition) is 4. The van der Waals surface area contributed by atoms with Gasteiger partial charge in [-0.25, -0.2) is 14.2 Å². The summed E-state index contributed by atoms with van der Waals surface area (Å²) in [5, 5.41) is 33.0. The smallest absolute Gasteiger partial charge is 0.328 e. The zero-order chi connectivity index (χ0) is 23.8. The minimum absolute atomic E-state index is 0.0622. The number of aliphatic hydroxyl groups excluding tert-OH is 1. The molecule has 1 heterocycles. The number of aromatic nitrogens is 1. The largest absolute Gasteiger partial charge is 0.480 e. The number of anilines is 1. The van der Waals surface area contributed by atoms with Gasteiger partial charge in [-0.2, -0.15) is 5.26 Å². The summed E-state index contributed by atoms with van der Waals surface area (Å²) in [4.78, 5) is 28.4. The van der Waals surface area contributed by atoms with Crippen LogP contribution in [0.1, 0.15) is 21.5 Å². The number of carbonyl (C=O) groups excluding carboxylic acids is 1. The number of carbonyl (C=O) groups is 2. The second-order valence-corrected chi connectivity index (χ2v) is 7.10. The van der Waals surface area contributed by atoms with Gasteiger partial charge >= 0.3 is 5.97 Å². The molecular formula is C24H21FN4O4. The first kappa shape index (κ1) is 23.4. The van der Waals surface area contributed by atoms with Crippen LogP contribution in [0, 0.1) is 17.1 Å². The minimum Gasteiger partial charge on any atom is -0.480 e. The van der Waals surface area contributed by atoms with E-state index in [1.165, 1.54) is 18.2 Å². The third-order valence-electron chi connectivity index (χ3n) is 4.84. The van der Waals surface area contributed by atoms with Crippen LogP contribution in [-0.4, -0.2) is 46.3 Å². The number of nitriles is 1. The topological polar surface area (TPSA) is 135 Å². The number of hydrogen-bond acceptors (Lipinski definition) is 6. The van der Waals surface area contributed by atoms with Crippen LogP contribution in [0.3, 0.4) is 0 Å². The van der Waals surface area contributed by atoms with Gasteiger partial charge in [0.15, 0.2) is 6.04 Å². The zero-order valence-electron chi connectivity index (χ0n) is 17.5. The van der Waals surface area contributed by atoms with E-state index in [1.807, 2.05) is 0 Å². The van der Waals surface area contributed by atoms with Crippen LogP contribution >= 0.6 is 0 Å². The lowest BCUT2D eigenvalue weighted by molar-refractivity contribution is -0.140. The molecule has 0 bridgehead atoms. The summed E-state index contributed by atoms with van der Waals surface area (Å²) in [6.45, 7) is -0.465. The Kier molecular flexibility index (Phi) is 7.68. The summed E-state index contributed by atoms with van der Waals surface area (Å²) in [5.74, 6) is -2.31. The molecule has 4 N–H and O–H groups in total. The first-order valence-corrected chi connectivity index (χ1v) is 10.1. The van der Waals surface area contributed by atoms with Gasteiger partial charge in [-0.15, -0.1) is 0 Å². The SMILES string of the molecule is N#Cc1ccccc1-c1ccc(C(=O)N[C@H](CO)C(=O)O)c(NCCc2cccc(F)c2)n1. The average Bonchev–Trinajstić information content (AvgIpc) is 2.82. The first-order chi connectivity index (χ1) is 15.9. The van der Waals surface area contributed by atoms with Crippen LogP contribution in [0.15, 0.2) is 60.7 Å². The van der Waals surface area contributed by atoms with E-state index in [0.717, 1.165) is 5.56 Å². The molecule has 1 atom stereocenters. The van der Waals surface area contributed by atoms with Crippen molar-refractivity contribution in [2.75, 3.05) is 18.5 Å². The van der Waals surface area contributed by atoms with Crippen LogP contribution in [0.2, 0.25) is 0 Å². The van der Waals surface area contributed by atoms with E-state index < -0.39 is 24.5 Å². The first-order valence-electron chi connectivity index (χ1n) is 10.1. The van der Waals surface area contributed by atoms with Crippen molar-refractivity contribution in [1.29, 1.82) is 5.26 Å². The Labute approximate surface area is 189 Å². The maximum atomic E-state index is 13.4. The summed E-state index contributed by atoms with van der Waals surface area (Å²) in [6, 6.07) is 16.6. The van der Waals surface area contributed by atoms with E-state index in [1.54, 1.807) is 42.5 Å². The second kappa shape index (κ2) is 10.8. The number of pyridine rings is 1. The molecule has 1 amide bonds. The predicted molar refractivity (Wildman–Crippen MR) is 119 cm³/mol. The maximum Gasteiger partial charge on any atom is 0.328 e. The van der Waals surface area contributed by atoms with Crippen LogP contribution < -0.4 is 10.6 Å². The number of amides is 1. The van der Waals surface area contributed by atoms with E-state index in [4.69, 9.17) is 5.11 Å². The number of nitrogens with one attached hydrogen (secondary N) is 2. The van der Waals surface area contributed by atoms with Gasteiger partial charge in [0, 0.05) is 12.1 Å². The quantitative estimate of drug-likeness (QED) is 0.395. The van der Waals surface area contributed by atoms with Crippen molar-refractivity contribution in [3.63, 3.8) is 0 Å². The van der Waals surface area contributed by atoms with Crippen molar-refractivity contribution in [1.82, 2.24) is 10.3 Å². The highest BCUT2D eigenvalue weighted by atomic mass is 19.1. The Morgan fingerprint density at radius 2 is 1.91 bits per heavy atom. The van der Waals surface area contributed by atoms with Gasteiger partial charge in [0.05, 0.1) is 29.5 Å². The number of aliphatic carboxylic acids is 1. The number of carboxylic acid groups (broad SMARTS) is 1. The summed E-state index contributed by atoms with van der Waals surface area (Å²) in [6.07, 6.45) is 0.438. The third kappa shape index (κ3) is 5.90. The summed E-state index contributed by atoms with van der Waals surface area (Å²) >= 11 is 0. The lowest BCUT2D eigenvalue weighted by atomic mass is 10.0. The highest BCUT2D eigenvalue weighted by Gasteiger charge is 2.22. The van der Waals surface area contributed by atoms with Gasteiger partial charge in [0.1, 0.15) is 11.6 Å². The van der Waals surface area contributed by atoms with Gasteiger partial charge in [0.25, 0.3) is 5.91 Å². The fourth-order valence-electron chi connectivity index (χ4n) is 3.17. The van der Waals surface area contributed by atoms with Crippen molar-refractivity contribution >= 4 is 17.7 Å². The summed E-state index contributed by atoms with van der Waals surface area (Å²) in [5.41, 5.74) is 2.21.